The lowest BCUT2D eigenvalue weighted by Gasteiger charge is -2.21. The van der Waals surface area contributed by atoms with E-state index in [0.717, 1.165) is 9.47 Å². The van der Waals surface area contributed by atoms with Gasteiger partial charge in [0.15, 0.2) is 4.34 Å². The maximum absolute atomic E-state index is 12.5. The quantitative estimate of drug-likeness (QED) is 0.596. The Bertz CT molecular complexity index is 782. The van der Waals surface area contributed by atoms with Gasteiger partial charge in [0.05, 0.1) is 11.8 Å². The van der Waals surface area contributed by atoms with Gasteiger partial charge in [0, 0.05) is 6.04 Å². The van der Waals surface area contributed by atoms with Crippen molar-refractivity contribution in [3.63, 3.8) is 0 Å². The van der Waals surface area contributed by atoms with Crippen molar-refractivity contribution >= 4 is 34.1 Å². The lowest BCUT2D eigenvalue weighted by atomic mass is 9.96. The predicted octanol–water partition coefficient (Wildman–Crippen LogP) is 4.95. The third kappa shape index (κ3) is 5.47. The van der Waals surface area contributed by atoms with Crippen LogP contribution in [0.3, 0.4) is 0 Å². The Hall–Kier alpha value is -1.60. The van der Waals surface area contributed by atoms with Crippen molar-refractivity contribution in [2.75, 3.05) is 11.1 Å². The zero-order valence-corrected chi connectivity index (χ0v) is 18.0. The third-order valence-corrected chi connectivity index (χ3v) is 7.50. The molecule has 0 bridgehead atoms. The van der Waals surface area contributed by atoms with Gasteiger partial charge in [0.25, 0.3) is 0 Å². The summed E-state index contributed by atoms with van der Waals surface area (Å²) in [5.41, 5.74) is 2.45. The molecule has 0 radical (unpaired) electrons. The van der Waals surface area contributed by atoms with Crippen LogP contribution in [0.15, 0.2) is 28.6 Å². The van der Waals surface area contributed by atoms with Gasteiger partial charge in [-0.1, -0.05) is 72.2 Å². The van der Waals surface area contributed by atoms with Gasteiger partial charge in [-0.3, -0.25) is 4.79 Å². The van der Waals surface area contributed by atoms with E-state index in [4.69, 9.17) is 0 Å². The van der Waals surface area contributed by atoms with Crippen LogP contribution in [0.4, 0.5) is 5.13 Å². The summed E-state index contributed by atoms with van der Waals surface area (Å²) in [6.45, 7) is 2.09. The first-order chi connectivity index (χ1) is 13.7. The normalized spacial score (nSPS) is 18.6. The molecule has 2 aliphatic carbocycles. The van der Waals surface area contributed by atoms with Gasteiger partial charge in [-0.2, -0.15) is 0 Å². The molecule has 1 heterocycles. The fourth-order valence-corrected chi connectivity index (χ4v) is 5.41. The Morgan fingerprint density at radius 1 is 1.14 bits per heavy atom. The Balaban J connectivity index is 1.27. The highest BCUT2D eigenvalue weighted by molar-refractivity contribution is 8.01. The van der Waals surface area contributed by atoms with Gasteiger partial charge >= 0.3 is 0 Å². The van der Waals surface area contributed by atoms with Crippen molar-refractivity contribution in [2.45, 2.75) is 68.3 Å². The summed E-state index contributed by atoms with van der Waals surface area (Å²) < 4.78 is 0.853. The van der Waals surface area contributed by atoms with E-state index >= 15 is 0 Å². The highest BCUT2D eigenvalue weighted by atomic mass is 32.2. The maximum atomic E-state index is 12.5. The van der Waals surface area contributed by atoms with E-state index in [1.807, 2.05) is 0 Å². The molecular formula is C21H28N4OS2. The van der Waals surface area contributed by atoms with Crippen LogP contribution < -0.4 is 10.6 Å². The molecule has 0 spiro atoms. The van der Waals surface area contributed by atoms with Crippen molar-refractivity contribution in [1.82, 2.24) is 15.5 Å². The predicted molar refractivity (Wildman–Crippen MR) is 116 cm³/mol. The SMILES string of the molecule is Cc1ccc(C(NC(=O)CSc2nnc(NC3CCCCC3)s2)C2CC2)cc1. The van der Waals surface area contributed by atoms with Gasteiger partial charge in [-0.15, -0.1) is 10.2 Å². The number of anilines is 1. The van der Waals surface area contributed by atoms with Gasteiger partial charge in [0.2, 0.25) is 11.0 Å². The number of carbonyl (C=O) groups excluding carboxylic acids is 1. The minimum absolute atomic E-state index is 0.0689. The summed E-state index contributed by atoms with van der Waals surface area (Å²) in [7, 11) is 0. The van der Waals surface area contributed by atoms with Crippen LogP contribution >= 0.6 is 23.1 Å². The lowest BCUT2D eigenvalue weighted by Crippen LogP contribution is -2.31. The number of benzene rings is 1. The topological polar surface area (TPSA) is 66.9 Å². The van der Waals surface area contributed by atoms with Gasteiger partial charge in [0.1, 0.15) is 0 Å². The number of aromatic nitrogens is 2. The molecular weight excluding hydrogens is 388 g/mol. The van der Waals surface area contributed by atoms with E-state index in [1.54, 1.807) is 11.3 Å². The highest BCUT2D eigenvalue weighted by Gasteiger charge is 2.33. The van der Waals surface area contributed by atoms with E-state index in [1.165, 1.54) is 67.8 Å². The van der Waals surface area contributed by atoms with Crippen molar-refractivity contribution in [2.24, 2.45) is 5.92 Å². The number of thioether (sulfide) groups is 1. The molecule has 5 nitrogen and oxygen atoms in total. The fourth-order valence-electron chi connectivity index (χ4n) is 3.77. The molecule has 1 aromatic heterocycles. The highest BCUT2D eigenvalue weighted by Crippen LogP contribution is 2.41. The van der Waals surface area contributed by atoms with Crippen LogP contribution in [0, 0.1) is 12.8 Å². The van der Waals surface area contributed by atoms with E-state index in [2.05, 4.69) is 52.0 Å². The standard InChI is InChI=1S/C21H28N4OS2/c1-14-7-9-15(10-8-14)19(16-11-12-16)23-18(26)13-27-21-25-24-20(28-21)22-17-5-3-2-4-6-17/h7-10,16-17,19H,2-6,11-13H2,1H3,(H,22,24)(H,23,26). The molecule has 2 saturated carbocycles. The first-order valence-corrected chi connectivity index (χ1v) is 12.1. The number of nitrogens with zero attached hydrogens (tertiary/aromatic N) is 2. The lowest BCUT2D eigenvalue weighted by molar-refractivity contribution is -0.119. The molecule has 1 aromatic carbocycles. The smallest absolute Gasteiger partial charge is 0.230 e. The third-order valence-electron chi connectivity index (χ3n) is 5.51. The molecule has 28 heavy (non-hydrogen) atoms. The minimum Gasteiger partial charge on any atom is -0.357 e. The molecule has 150 valence electrons. The molecule has 2 aromatic rings. The van der Waals surface area contributed by atoms with E-state index in [0.29, 0.717) is 17.7 Å². The van der Waals surface area contributed by atoms with E-state index < -0.39 is 0 Å². The number of rotatable bonds is 8. The Morgan fingerprint density at radius 2 is 1.89 bits per heavy atom. The Morgan fingerprint density at radius 3 is 2.61 bits per heavy atom. The number of aryl methyl sites for hydroxylation is 1. The monoisotopic (exact) mass is 416 g/mol. The van der Waals surface area contributed by atoms with Crippen LogP contribution in [-0.2, 0) is 4.79 Å². The average molecular weight is 417 g/mol. The molecule has 1 atom stereocenters. The Kier molecular flexibility index (Phi) is 6.52. The second kappa shape index (κ2) is 9.27. The fraction of sp³-hybridized carbons (Fsp3) is 0.571. The Labute approximate surface area is 175 Å². The largest absolute Gasteiger partial charge is 0.357 e. The minimum atomic E-state index is 0.0689. The maximum Gasteiger partial charge on any atom is 0.230 e. The first-order valence-electron chi connectivity index (χ1n) is 10.3. The van der Waals surface area contributed by atoms with Crippen molar-refractivity contribution in [3.8, 4) is 0 Å². The van der Waals surface area contributed by atoms with E-state index in [9.17, 15) is 4.79 Å². The van der Waals surface area contributed by atoms with Gasteiger partial charge in [-0.25, -0.2) is 0 Å². The zero-order chi connectivity index (χ0) is 19.3. The van der Waals surface area contributed by atoms with Gasteiger partial charge < -0.3 is 10.6 Å². The second-order valence-electron chi connectivity index (χ2n) is 7.93. The average Bonchev–Trinajstić information content (AvgIpc) is 3.46. The van der Waals surface area contributed by atoms with Crippen LogP contribution in [-0.4, -0.2) is 27.9 Å². The number of hydrogen-bond acceptors (Lipinski definition) is 6. The van der Waals surface area contributed by atoms with Crippen LogP contribution in [0.25, 0.3) is 0 Å². The summed E-state index contributed by atoms with van der Waals surface area (Å²) in [6, 6.07) is 9.17. The molecule has 1 unspecified atom stereocenters. The molecule has 2 aliphatic rings. The molecule has 4 rings (SSSR count). The first kappa shape index (κ1) is 19.7. The van der Waals surface area contributed by atoms with Gasteiger partial charge in [-0.05, 0) is 44.1 Å². The molecule has 1 amide bonds. The van der Waals surface area contributed by atoms with Crippen LogP contribution in [0.1, 0.15) is 62.1 Å². The summed E-state index contributed by atoms with van der Waals surface area (Å²) in [6.07, 6.45) is 8.74. The molecule has 0 aliphatic heterocycles. The molecule has 2 N–H and O–H groups in total. The summed E-state index contributed by atoms with van der Waals surface area (Å²) in [5, 5.41) is 16.1. The molecule has 2 fully saturated rings. The zero-order valence-electron chi connectivity index (χ0n) is 16.3. The van der Waals surface area contributed by atoms with E-state index in [-0.39, 0.29) is 11.9 Å². The van der Waals surface area contributed by atoms with Crippen LogP contribution in [0.2, 0.25) is 0 Å². The summed E-state index contributed by atoms with van der Waals surface area (Å²) >= 11 is 3.03. The summed E-state index contributed by atoms with van der Waals surface area (Å²) in [4.78, 5) is 12.5. The number of amides is 1. The summed E-state index contributed by atoms with van der Waals surface area (Å²) in [5.74, 6) is 1.02. The molecule has 0 saturated heterocycles. The van der Waals surface area contributed by atoms with Crippen molar-refractivity contribution in [3.05, 3.63) is 35.4 Å². The second-order valence-corrected chi connectivity index (χ2v) is 10.1. The van der Waals surface area contributed by atoms with Crippen molar-refractivity contribution in [1.29, 1.82) is 0 Å². The number of hydrogen-bond donors (Lipinski definition) is 2. The number of nitrogens with one attached hydrogen (secondary N) is 2. The molecule has 7 heteroatoms. The van der Waals surface area contributed by atoms with Crippen LogP contribution in [0.5, 0.6) is 0 Å². The number of carbonyl (C=O) groups is 1. The van der Waals surface area contributed by atoms with Crippen molar-refractivity contribution < 1.29 is 4.79 Å².